The van der Waals surface area contributed by atoms with Gasteiger partial charge in [-0.25, -0.2) is 14.0 Å². The Balaban J connectivity index is 0.00000243. The van der Waals surface area contributed by atoms with Crippen LogP contribution < -0.4 is 18.9 Å². The Hall–Kier alpha value is -1.31. The van der Waals surface area contributed by atoms with Crippen LogP contribution in [0.2, 0.25) is 0 Å². The summed E-state index contributed by atoms with van der Waals surface area (Å²) in [5, 5.41) is -0.601. The molecule has 132 valence electrons. The fraction of sp³-hybridized carbons (Fsp3) is 0.333. The second-order valence-corrected chi connectivity index (χ2v) is 8.89. The number of hydrogen-bond donors (Lipinski definition) is 0. The number of likely N-dealkylation sites (tertiary alicyclic amines) is 1. The zero-order chi connectivity index (χ0) is 17.9. The van der Waals surface area contributed by atoms with Gasteiger partial charge in [-0.1, -0.05) is 48.0 Å². The van der Waals surface area contributed by atoms with Gasteiger partial charge >= 0.3 is 18.9 Å². The summed E-state index contributed by atoms with van der Waals surface area (Å²) >= 11 is 0. The first kappa shape index (κ1) is 21.0. The molecule has 0 amide bonds. The van der Waals surface area contributed by atoms with E-state index in [2.05, 4.69) is 17.0 Å². The van der Waals surface area contributed by atoms with Crippen molar-refractivity contribution in [3.8, 4) is 0 Å². The van der Waals surface area contributed by atoms with Crippen molar-refractivity contribution in [2.24, 2.45) is 0 Å². The predicted molar refractivity (Wildman–Crippen MR) is 101 cm³/mol. The molecule has 5 heteroatoms. The number of sulfone groups is 1. The van der Waals surface area contributed by atoms with E-state index in [9.17, 15) is 8.42 Å². The van der Waals surface area contributed by atoms with Crippen molar-refractivity contribution in [3.05, 3.63) is 77.9 Å². The second-order valence-electron chi connectivity index (χ2n) is 6.76. The third-order valence-corrected chi connectivity index (χ3v) is 6.95. The summed E-state index contributed by atoms with van der Waals surface area (Å²) in [5.41, 5.74) is 2.81. The fourth-order valence-electron chi connectivity index (χ4n) is 3.35. The maximum atomic E-state index is 13.0. The average molecular weight is 361 g/mol. The standard InChI is InChI=1S/C21H24NO2S.Li/c1-17-10-12-20(13-11-17)25(23,24)21-9-6-14-22(15-18(21)2)16-19-7-4-3-5-8-19;/h2-5,7-8,10-13,21H,6,9,14-16H2,1H3;/q-1;+1. The molecule has 0 N–H and O–H groups in total. The van der Waals surface area contributed by atoms with E-state index in [-0.39, 0.29) is 18.9 Å². The van der Waals surface area contributed by atoms with Crippen LogP contribution in [-0.4, -0.2) is 31.7 Å². The molecule has 0 bridgehead atoms. The molecule has 0 radical (unpaired) electrons. The van der Waals surface area contributed by atoms with Gasteiger partial charge < -0.3 is 6.58 Å². The molecule has 0 spiro atoms. The molecule has 1 atom stereocenters. The van der Waals surface area contributed by atoms with Crippen LogP contribution in [-0.2, 0) is 16.4 Å². The number of nitrogens with zero attached hydrogens (tertiary/aromatic N) is 1. The van der Waals surface area contributed by atoms with Gasteiger partial charge in [0.25, 0.3) is 0 Å². The maximum absolute atomic E-state index is 13.0. The van der Waals surface area contributed by atoms with E-state index in [4.69, 9.17) is 6.58 Å². The minimum Gasteiger partial charge on any atom is -0.512 e. The third-order valence-electron chi connectivity index (χ3n) is 4.73. The number of benzene rings is 2. The Morgan fingerprint density at radius 3 is 2.38 bits per heavy atom. The molecule has 26 heavy (non-hydrogen) atoms. The van der Waals surface area contributed by atoms with Crippen molar-refractivity contribution in [2.75, 3.05) is 13.1 Å². The molecule has 1 unspecified atom stereocenters. The normalized spacial score (nSPS) is 18.8. The van der Waals surface area contributed by atoms with Gasteiger partial charge in [-0.2, -0.15) is 0 Å². The Bertz CT molecular complexity index is 832. The van der Waals surface area contributed by atoms with Crippen molar-refractivity contribution in [2.45, 2.75) is 36.5 Å². The van der Waals surface area contributed by atoms with Gasteiger partial charge in [0.05, 0.1) is 10.1 Å². The van der Waals surface area contributed by atoms with Crippen molar-refractivity contribution in [3.63, 3.8) is 0 Å². The van der Waals surface area contributed by atoms with Crippen LogP contribution in [0.25, 0.3) is 0 Å². The van der Waals surface area contributed by atoms with Crippen LogP contribution in [0.15, 0.2) is 65.1 Å². The predicted octanol–water partition coefficient (Wildman–Crippen LogP) is 0.797. The van der Waals surface area contributed by atoms with Crippen LogP contribution in [0.5, 0.6) is 0 Å². The topological polar surface area (TPSA) is 37.4 Å². The Morgan fingerprint density at radius 1 is 1.08 bits per heavy atom. The number of rotatable bonds is 4. The molecule has 3 nitrogen and oxygen atoms in total. The van der Waals surface area contributed by atoms with E-state index < -0.39 is 15.1 Å². The van der Waals surface area contributed by atoms with Crippen LogP contribution in [0.1, 0.15) is 24.0 Å². The Labute approximate surface area is 169 Å². The number of aryl methyl sites for hydroxylation is 1. The zero-order valence-corrected chi connectivity index (χ0v) is 16.4. The van der Waals surface area contributed by atoms with Crippen LogP contribution in [0.3, 0.4) is 0 Å². The molecule has 2 aromatic rings. The zero-order valence-electron chi connectivity index (χ0n) is 15.6. The van der Waals surface area contributed by atoms with E-state index in [0.717, 1.165) is 25.1 Å². The molecule has 1 aliphatic heterocycles. The van der Waals surface area contributed by atoms with Crippen molar-refractivity contribution in [1.82, 2.24) is 4.90 Å². The first-order valence-corrected chi connectivity index (χ1v) is 10.2. The molecule has 0 aliphatic carbocycles. The second kappa shape index (κ2) is 9.06. The largest absolute Gasteiger partial charge is 1.00 e. The quantitative estimate of drug-likeness (QED) is 0.597. The van der Waals surface area contributed by atoms with Gasteiger partial charge in [-0.05, 0) is 50.6 Å². The van der Waals surface area contributed by atoms with Crippen molar-refractivity contribution in [1.29, 1.82) is 0 Å². The molecule has 0 saturated carbocycles. The van der Waals surface area contributed by atoms with Gasteiger partial charge in [0, 0.05) is 6.54 Å². The molecule has 1 aliphatic rings. The van der Waals surface area contributed by atoms with Crippen LogP contribution in [0.4, 0.5) is 0 Å². The Kier molecular flexibility index (Phi) is 7.31. The first-order valence-electron chi connectivity index (χ1n) is 8.65. The summed E-state index contributed by atoms with van der Waals surface area (Å²) < 4.78 is 26.0. The summed E-state index contributed by atoms with van der Waals surface area (Å²) in [5.74, 6) is 0. The summed E-state index contributed by atoms with van der Waals surface area (Å²) in [4.78, 5) is 2.59. The summed E-state index contributed by atoms with van der Waals surface area (Å²) in [6.45, 7) is 10.4. The van der Waals surface area contributed by atoms with Crippen LogP contribution in [0, 0.1) is 13.5 Å². The molecule has 1 fully saturated rings. The van der Waals surface area contributed by atoms with E-state index >= 15 is 0 Å². The minimum absolute atomic E-state index is 0. The Morgan fingerprint density at radius 2 is 1.73 bits per heavy atom. The first-order chi connectivity index (χ1) is 12.0. The van der Waals surface area contributed by atoms with Gasteiger partial charge in [-0.15, -0.1) is 0 Å². The van der Waals surface area contributed by atoms with Gasteiger partial charge in [-0.3, -0.25) is 4.90 Å². The summed E-state index contributed by atoms with van der Waals surface area (Å²) in [6, 6.07) is 17.2. The fourth-order valence-corrected chi connectivity index (χ4v) is 5.14. The van der Waals surface area contributed by atoms with Gasteiger partial charge in [0.1, 0.15) is 0 Å². The molecule has 1 heterocycles. The SMILES string of the molecule is [CH-]=C1CN(Cc2ccccc2)CCCC1S(=O)(=O)c1ccc(C)cc1.[Li+]. The summed E-state index contributed by atoms with van der Waals surface area (Å²) in [6.07, 6.45) is 1.40. The average Bonchev–Trinajstić information content (AvgIpc) is 2.77. The number of hydrogen-bond acceptors (Lipinski definition) is 3. The van der Waals surface area contributed by atoms with Crippen molar-refractivity contribution < 1.29 is 27.3 Å². The molecule has 0 aromatic heterocycles. The van der Waals surface area contributed by atoms with E-state index in [1.54, 1.807) is 12.1 Å². The maximum Gasteiger partial charge on any atom is 1.00 e. The minimum atomic E-state index is -3.44. The molecule has 1 saturated heterocycles. The van der Waals surface area contributed by atoms with Crippen LogP contribution >= 0.6 is 0 Å². The van der Waals surface area contributed by atoms with E-state index in [0.29, 0.717) is 23.4 Å². The molecule has 2 aromatic carbocycles. The van der Waals surface area contributed by atoms with Crippen molar-refractivity contribution >= 4 is 9.84 Å². The van der Waals surface area contributed by atoms with E-state index in [1.165, 1.54) is 5.56 Å². The smallest absolute Gasteiger partial charge is 0.512 e. The molecular formula is C21H24LiNO2S. The third kappa shape index (κ3) is 4.90. The summed E-state index contributed by atoms with van der Waals surface area (Å²) in [7, 11) is -3.44. The molecular weight excluding hydrogens is 337 g/mol. The monoisotopic (exact) mass is 361 g/mol. The molecule has 3 rings (SSSR count). The van der Waals surface area contributed by atoms with Gasteiger partial charge in [0.2, 0.25) is 0 Å². The van der Waals surface area contributed by atoms with Gasteiger partial charge in [0.15, 0.2) is 9.84 Å². The van der Waals surface area contributed by atoms with E-state index in [1.807, 2.05) is 37.3 Å².